The van der Waals surface area contributed by atoms with Gasteiger partial charge in [0.1, 0.15) is 21.2 Å². The molecule has 1 N–H and O–H groups in total. The molecule has 0 saturated carbocycles. The second-order valence-corrected chi connectivity index (χ2v) is 8.74. The number of aromatic amines is 1. The van der Waals surface area contributed by atoms with E-state index < -0.39 is 5.60 Å². The molecule has 0 aliphatic carbocycles. The van der Waals surface area contributed by atoms with Gasteiger partial charge in [-0.05, 0) is 48.8 Å². The summed E-state index contributed by atoms with van der Waals surface area (Å²) in [6, 6.07) is 9.88. The van der Waals surface area contributed by atoms with Crippen LogP contribution in [-0.4, -0.2) is 70.1 Å². The van der Waals surface area contributed by atoms with Gasteiger partial charge in [-0.15, -0.1) is 0 Å². The average molecular weight is 491 g/mol. The number of nitrogens with zero attached hydrogens (tertiary/aromatic N) is 5. The molecule has 166 valence electrons. The predicted octanol–water partition coefficient (Wildman–Crippen LogP) is 4.14. The molecule has 1 aromatic carbocycles. The Bertz CT molecular complexity index is 1010. The van der Waals surface area contributed by atoms with Gasteiger partial charge in [0.05, 0.1) is 19.4 Å². The predicted molar refractivity (Wildman–Crippen MR) is 123 cm³/mol. The Morgan fingerprint density at radius 3 is 2.58 bits per heavy atom. The lowest BCUT2D eigenvalue weighted by Crippen LogP contribution is -2.36. The van der Waals surface area contributed by atoms with E-state index in [-0.39, 0.29) is 6.09 Å². The van der Waals surface area contributed by atoms with Gasteiger partial charge in [-0.3, -0.25) is 5.10 Å². The summed E-state index contributed by atoms with van der Waals surface area (Å²) < 4.78 is 11.8. The van der Waals surface area contributed by atoms with Crippen LogP contribution in [0.25, 0.3) is 11.0 Å². The Balaban J connectivity index is 1.60. The molecule has 0 atom stereocenters. The first kappa shape index (κ1) is 23.0. The number of carbonyl (C=O) groups excluding carboxylic acids is 1. The Labute approximate surface area is 189 Å². The van der Waals surface area contributed by atoms with Crippen molar-refractivity contribution in [3.8, 4) is 0 Å². The third kappa shape index (κ3) is 6.38. The van der Waals surface area contributed by atoms with E-state index in [9.17, 15) is 4.79 Å². The van der Waals surface area contributed by atoms with Gasteiger partial charge in [0.2, 0.25) is 5.95 Å². The average Bonchev–Trinajstić information content (AvgIpc) is 3.10. The van der Waals surface area contributed by atoms with Crippen LogP contribution in [0.4, 0.5) is 16.4 Å². The molecule has 1 amide bonds. The lowest BCUT2D eigenvalue weighted by atomic mass is 10.2. The highest BCUT2D eigenvalue weighted by Crippen LogP contribution is 2.25. The molecule has 9 nitrogen and oxygen atoms in total. The lowest BCUT2D eigenvalue weighted by Gasteiger charge is -2.25. The summed E-state index contributed by atoms with van der Waals surface area (Å²) in [5, 5.41) is 7.00. The molecule has 2 heterocycles. The van der Waals surface area contributed by atoms with Crippen molar-refractivity contribution in [2.45, 2.75) is 26.4 Å². The zero-order valence-corrected chi connectivity index (χ0v) is 19.7. The fraction of sp³-hybridized carbons (Fsp3) is 0.429. The second-order valence-electron chi connectivity index (χ2n) is 7.94. The maximum Gasteiger partial charge on any atom is 0.410 e. The summed E-state index contributed by atoms with van der Waals surface area (Å²) in [4.78, 5) is 24.6. The van der Waals surface area contributed by atoms with E-state index in [1.54, 1.807) is 13.2 Å². The summed E-state index contributed by atoms with van der Waals surface area (Å²) in [6.07, 6.45) is 1.32. The number of aromatic nitrogens is 4. The highest BCUT2D eigenvalue weighted by molar-refractivity contribution is 9.10. The van der Waals surface area contributed by atoms with Crippen molar-refractivity contribution in [1.82, 2.24) is 25.1 Å². The van der Waals surface area contributed by atoms with E-state index in [1.807, 2.05) is 56.0 Å². The summed E-state index contributed by atoms with van der Waals surface area (Å²) in [7, 11) is 1.69. The first-order valence-electron chi connectivity index (χ1n) is 9.95. The Hall–Kier alpha value is -2.72. The van der Waals surface area contributed by atoms with Crippen LogP contribution in [0.5, 0.6) is 0 Å². The fourth-order valence-corrected chi connectivity index (χ4v) is 3.13. The molecule has 0 saturated heterocycles. The van der Waals surface area contributed by atoms with Crippen molar-refractivity contribution in [3.05, 3.63) is 41.1 Å². The zero-order chi connectivity index (χ0) is 22.4. The molecule has 0 radical (unpaired) electrons. The minimum absolute atomic E-state index is 0.366. The van der Waals surface area contributed by atoms with E-state index in [4.69, 9.17) is 9.47 Å². The summed E-state index contributed by atoms with van der Waals surface area (Å²) in [6.45, 7) is 7.33. The third-order valence-electron chi connectivity index (χ3n) is 4.28. The molecule has 2 aromatic heterocycles. The maximum atomic E-state index is 12.0. The monoisotopic (exact) mass is 490 g/mol. The van der Waals surface area contributed by atoms with Crippen molar-refractivity contribution in [2.75, 3.05) is 38.3 Å². The Kier molecular flexibility index (Phi) is 7.45. The third-order valence-corrected chi connectivity index (χ3v) is 4.84. The topological polar surface area (TPSA) is 96.5 Å². The van der Waals surface area contributed by atoms with Gasteiger partial charge in [-0.25, -0.2) is 14.8 Å². The van der Waals surface area contributed by atoms with Crippen molar-refractivity contribution < 1.29 is 14.3 Å². The zero-order valence-electron chi connectivity index (χ0n) is 18.1. The minimum atomic E-state index is -0.520. The van der Waals surface area contributed by atoms with Gasteiger partial charge in [-0.1, -0.05) is 18.2 Å². The van der Waals surface area contributed by atoms with Crippen LogP contribution >= 0.6 is 15.9 Å². The number of hydrogen-bond donors (Lipinski definition) is 1. The summed E-state index contributed by atoms with van der Waals surface area (Å²) in [5.41, 5.74) is 1.83. The molecule has 31 heavy (non-hydrogen) atoms. The number of halogens is 1. The molecule has 0 aliphatic rings. The summed E-state index contributed by atoms with van der Waals surface area (Å²) in [5.74, 6) is 0.551. The molecule has 0 unspecified atom stereocenters. The molecule has 10 heteroatoms. The number of ether oxygens (including phenoxy) is 2. The van der Waals surface area contributed by atoms with E-state index in [0.29, 0.717) is 47.9 Å². The number of likely N-dealkylation sites (N-methyl/N-ethyl adjacent to an activating group) is 1. The van der Waals surface area contributed by atoms with Crippen LogP contribution in [0.3, 0.4) is 0 Å². The molecule has 0 bridgehead atoms. The number of para-hydroxylation sites is 1. The van der Waals surface area contributed by atoms with Crippen molar-refractivity contribution >= 4 is 44.7 Å². The quantitative estimate of drug-likeness (QED) is 0.473. The fourth-order valence-electron chi connectivity index (χ4n) is 2.74. The van der Waals surface area contributed by atoms with Gasteiger partial charge in [0.15, 0.2) is 0 Å². The minimum Gasteiger partial charge on any atom is -0.444 e. The van der Waals surface area contributed by atoms with Crippen LogP contribution in [0.15, 0.2) is 41.1 Å². The molecule has 3 aromatic rings. The Morgan fingerprint density at radius 1 is 1.16 bits per heavy atom. The van der Waals surface area contributed by atoms with Crippen LogP contribution in [-0.2, 0) is 9.47 Å². The van der Waals surface area contributed by atoms with Crippen molar-refractivity contribution in [3.63, 3.8) is 0 Å². The van der Waals surface area contributed by atoms with Crippen molar-refractivity contribution in [2.24, 2.45) is 0 Å². The number of fused-ring (bicyclic) bond motifs is 1. The summed E-state index contributed by atoms with van der Waals surface area (Å²) >= 11 is 3.43. The van der Waals surface area contributed by atoms with Gasteiger partial charge < -0.3 is 19.3 Å². The van der Waals surface area contributed by atoms with E-state index in [1.165, 1.54) is 4.90 Å². The maximum absolute atomic E-state index is 12.0. The Morgan fingerprint density at radius 2 is 1.87 bits per heavy atom. The standard InChI is InChI=1S/C21H27BrN6O3/c1-21(2,3)31-20(29)27(4)10-12-30-13-11-28(15-8-6-5-7-9-15)19-23-14-16-17(24-19)18(22)26-25-16/h5-9,14H,10-13H2,1-4H3,(H,25,26). The number of nitrogens with one attached hydrogen (secondary N) is 1. The first-order chi connectivity index (χ1) is 14.7. The molecule has 3 rings (SSSR count). The number of carbonyl (C=O) groups is 1. The normalized spacial score (nSPS) is 11.5. The van der Waals surface area contributed by atoms with Crippen molar-refractivity contribution in [1.29, 1.82) is 0 Å². The smallest absolute Gasteiger partial charge is 0.410 e. The second kappa shape index (κ2) is 10.1. The number of anilines is 2. The highest BCUT2D eigenvalue weighted by atomic mass is 79.9. The van der Waals surface area contributed by atoms with Crippen LogP contribution in [0, 0.1) is 0 Å². The molecule has 0 aliphatic heterocycles. The number of rotatable bonds is 8. The van der Waals surface area contributed by atoms with Crippen LogP contribution in [0.1, 0.15) is 20.8 Å². The van der Waals surface area contributed by atoms with E-state index in [0.717, 1.165) is 5.69 Å². The molecular weight excluding hydrogens is 464 g/mol. The SMILES string of the molecule is CN(CCOCCN(c1ccccc1)c1ncc2n[nH]c(Br)c2n1)C(=O)OC(C)(C)C. The molecule has 0 fully saturated rings. The number of H-pyrrole nitrogens is 1. The largest absolute Gasteiger partial charge is 0.444 e. The highest BCUT2D eigenvalue weighted by Gasteiger charge is 2.19. The lowest BCUT2D eigenvalue weighted by molar-refractivity contribution is 0.0235. The van der Waals surface area contributed by atoms with Gasteiger partial charge in [0.25, 0.3) is 0 Å². The molecule has 0 spiro atoms. The van der Waals surface area contributed by atoms with Gasteiger partial charge >= 0.3 is 6.09 Å². The van der Waals surface area contributed by atoms with Gasteiger partial charge in [0, 0.05) is 25.8 Å². The number of hydrogen-bond acceptors (Lipinski definition) is 7. The van der Waals surface area contributed by atoms with Gasteiger partial charge in [-0.2, -0.15) is 5.10 Å². The number of amides is 1. The van der Waals surface area contributed by atoms with E-state index in [2.05, 4.69) is 36.1 Å². The molecular formula is C21H27BrN6O3. The van der Waals surface area contributed by atoms with Crippen LogP contribution < -0.4 is 4.90 Å². The first-order valence-corrected chi connectivity index (χ1v) is 10.7. The van der Waals surface area contributed by atoms with E-state index >= 15 is 0 Å². The number of benzene rings is 1. The van der Waals surface area contributed by atoms with Crippen LogP contribution in [0.2, 0.25) is 0 Å².